The Balaban J connectivity index is 1.53. The molecule has 1 atom stereocenters. The van der Waals surface area contributed by atoms with E-state index in [0.29, 0.717) is 30.2 Å². The fraction of sp³-hybridized carbons (Fsp3) is 0.368. The molecule has 0 spiro atoms. The summed E-state index contributed by atoms with van der Waals surface area (Å²) in [6.07, 6.45) is 2.32. The number of carbonyl (C=O) groups excluding carboxylic acids is 2. The van der Waals surface area contributed by atoms with Gasteiger partial charge in [0, 0.05) is 18.8 Å². The van der Waals surface area contributed by atoms with Crippen molar-refractivity contribution in [3.63, 3.8) is 0 Å². The minimum Gasteiger partial charge on any atom is -0.462 e. The molecule has 0 aliphatic carbocycles. The fourth-order valence-corrected chi connectivity index (χ4v) is 2.67. The van der Waals surface area contributed by atoms with E-state index in [2.05, 4.69) is 20.8 Å². The van der Waals surface area contributed by atoms with Crippen molar-refractivity contribution in [2.45, 2.75) is 25.9 Å². The van der Waals surface area contributed by atoms with Gasteiger partial charge < -0.3 is 20.1 Å². The predicted octanol–water partition coefficient (Wildman–Crippen LogP) is 2.50. The monoisotopic (exact) mass is 370 g/mol. The van der Waals surface area contributed by atoms with Gasteiger partial charge in [0.05, 0.1) is 18.3 Å². The minimum absolute atomic E-state index is 0.201. The number of benzene rings is 1. The molecule has 0 bridgehead atoms. The number of anilines is 2. The maximum Gasteiger partial charge on any atom is 0.338 e. The summed E-state index contributed by atoms with van der Waals surface area (Å²) in [6.45, 7) is 3.54. The van der Waals surface area contributed by atoms with E-state index in [0.717, 1.165) is 19.4 Å². The average molecular weight is 370 g/mol. The number of hydrogen-bond donors (Lipinski definition) is 2. The average Bonchev–Trinajstić information content (AvgIpc) is 3.21. The van der Waals surface area contributed by atoms with E-state index in [9.17, 15) is 9.59 Å². The van der Waals surface area contributed by atoms with Crippen LogP contribution in [0.1, 0.15) is 40.6 Å². The lowest BCUT2D eigenvalue weighted by atomic mass is 10.2. The molecule has 1 saturated heterocycles. The topological polar surface area (TPSA) is 102 Å². The van der Waals surface area contributed by atoms with E-state index in [1.54, 1.807) is 43.3 Å². The van der Waals surface area contributed by atoms with Crippen molar-refractivity contribution in [2.75, 3.05) is 30.4 Å². The smallest absolute Gasteiger partial charge is 0.338 e. The summed E-state index contributed by atoms with van der Waals surface area (Å²) in [7, 11) is 0. The molecule has 8 nitrogen and oxygen atoms in total. The molecule has 2 aromatic rings. The van der Waals surface area contributed by atoms with Gasteiger partial charge in [0.1, 0.15) is 5.82 Å². The molecule has 3 rings (SSSR count). The summed E-state index contributed by atoms with van der Waals surface area (Å²) in [5, 5.41) is 13.8. The Morgan fingerprint density at radius 2 is 2.00 bits per heavy atom. The van der Waals surface area contributed by atoms with E-state index in [1.165, 1.54) is 0 Å². The predicted molar refractivity (Wildman–Crippen MR) is 99.8 cm³/mol. The lowest BCUT2D eigenvalue weighted by Gasteiger charge is -2.11. The Morgan fingerprint density at radius 1 is 1.19 bits per heavy atom. The molecule has 1 aliphatic rings. The zero-order valence-electron chi connectivity index (χ0n) is 15.1. The largest absolute Gasteiger partial charge is 0.462 e. The van der Waals surface area contributed by atoms with Crippen molar-refractivity contribution >= 4 is 23.4 Å². The van der Waals surface area contributed by atoms with Crippen molar-refractivity contribution in [2.24, 2.45) is 0 Å². The fourth-order valence-electron chi connectivity index (χ4n) is 2.67. The van der Waals surface area contributed by atoms with E-state index in [4.69, 9.17) is 9.47 Å². The third-order valence-corrected chi connectivity index (χ3v) is 4.09. The van der Waals surface area contributed by atoms with Crippen molar-refractivity contribution < 1.29 is 19.1 Å². The van der Waals surface area contributed by atoms with Gasteiger partial charge in [-0.05, 0) is 56.2 Å². The van der Waals surface area contributed by atoms with Crippen LogP contribution in [0, 0.1) is 0 Å². The highest BCUT2D eigenvalue weighted by Crippen LogP contribution is 2.14. The third-order valence-electron chi connectivity index (χ3n) is 4.09. The highest BCUT2D eigenvalue weighted by molar-refractivity contribution is 6.03. The Bertz CT molecular complexity index is 771. The molecule has 1 aromatic heterocycles. The summed E-state index contributed by atoms with van der Waals surface area (Å²) < 4.78 is 10.5. The zero-order chi connectivity index (χ0) is 19.1. The molecule has 1 aliphatic heterocycles. The number of aromatic nitrogens is 2. The third kappa shape index (κ3) is 5.24. The maximum absolute atomic E-state index is 12.3. The van der Waals surface area contributed by atoms with Crippen LogP contribution in [0.5, 0.6) is 0 Å². The van der Waals surface area contributed by atoms with Crippen LogP contribution in [0.2, 0.25) is 0 Å². The summed E-state index contributed by atoms with van der Waals surface area (Å²) in [6, 6.07) is 9.77. The molecule has 1 amide bonds. The molecule has 1 unspecified atom stereocenters. The summed E-state index contributed by atoms with van der Waals surface area (Å²) in [5.74, 6) is -0.176. The first-order chi connectivity index (χ1) is 13.2. The van der Waals surface area contributed by atoms with Crippen molar-refractivity contribution in [3.8, 4) is 0 Å². The molecule has 1 fully saturated rings. The zero-order valence-corrected chi connectivity index (χ0v) is 15.1. The van der Waals surface area contributed by atoms with Crippen LogP contribution >= 0.6 is 0 Å². The molecule has 2 N–H and O–H groups in total. The van der Waals surface area contributed by atoms with Gasteiger partial charge in [-0.15, -0.1) is 10.2 Å². The van der Waals surface area contributed by atoms with Crippen LogP contribution in [-0.4, -0.2) is 47.9 Å². The second-order valence-corrected chi connectivity index (χ2v) is 6.07. The molecule has 1 aromatic carbocycles. The number of ether oxygens (including phenoxy) is 2. The quantitative estimate of drug-likeness (QED) is 0.722. The van der Waals surface area contributed by atoms with Crippen LogP contribution in [0.15, 0.2) is 36.4 Å². The Morgan fingerprint density at radius 3 is 2.63 bits per heavy atom. The van der Waals surface area contributed by atoms with Gasteiger partial charge in [-0.1, -0.05) is 0 Å². The highest BCUT2D eigenvalue weighted by Gasteiger charge is 2.15. The normalized spacial score (nSPS) is 16.0. The van der Waals surface area contributed by atoms with Gasteiger partial charge in [-0.25, -0.2) is 4.79 Å². The number of rotatable bonds is 7. The molecule has 27 heavy (non-hydrogen) atoms. The molecule has 2 heterocycles. The summed E-state index contributed by atoms with van der Waals surface area (Å²) in [5.41, 5.74) is 1.18. The molecule has 0 saturated carbocycles. The van der Waals surface area contributed by atoms with Gasteiger partial charge in [0.25, 0.3) is 5.91 Å². The molecular weight excluding hydrogens is 348 g/mol. The number of esters is 1. The van der Waals surface area contributed by atoms with Gasteiger partial charge in [0.2, 0.25) is 0 Å². The second kappa shape index (κ2) is 9.09. The van der Waals surface area contributed by atoms with Gasteiger partial charge >= 0.3 is 5.97 Å². The summed E-state index contributed by atoms with van der Waals surface area (Å²) >= 11 is 0. The van der Waals surface area contributed by atoms with Gasteiger partial charge in [-0.2, -0.15) is 0 Å². The van der Waals surface area contributed by atoms with Crippen molar-refractivity contribution in [1.29, 1.82) is 0 Å². The minimum atomic E-state index is -0.396. The maximum atomic E-state index is 12.3. The van der Waals surface area contributed by atoms with Gasteiger partial charge in [-0.3, -0.25) is 4.79 Å². The van der Waals surface area contributed by atoms with Crippen LogP contribution in [0.25, 0.3) is 0 Å². The molecule has 142 valence electrons. The van der Waals surface area contributed by atoms with E-state index >= 15 is 0 Å². The van der Waals surface area contributed by atoms with E-state index in [1.807, 2.05) is 0 Å². The number of amides is 1. The Hall–Kier alpha value is -3.00. The van der Waals surface area contributed by atoms with Crippen molar-refractivity contribution in [3.05, 3.63) is 47.7 Å². The SMILES string of the molecule is CCOC(=O)c1ccc(NC(=O)c2ccc(NCC3CCCO3)nn2)cc1. The lowest BCUT2D eigenvalue weighted by Crippen LogP contribution is -2.20. The van der Waals surface area contributed by atoms with Crippen LogP contribution < -0.4 is 10.6 Å². The first-order valence-corrected chi connectivity index (χ1v) is 8.93. The van der Waals surface area contributed by atoms with Crippen LogP contribution in [-0.2, 0) is 9.47 Å². The number of nitrogens with zero attached hydrogens (tertiary/aromatic N) is 2. The Labute approximate surface area is 157 Å². The van der Waals surface area contributed by atoms with Crippen LogP contribution in [0.4, 0.5) is 11.5 Å². The number of hydrogen-bond acceptors (Lipinski definition) is 7. The standard InChI is InChI=1S/C19H22N4O4/c1-2-26-19(25)13-5-7-14(8-6-13)21-18(24)16-9-10-17(23-22-16)20-12-15-4-3-11-27-15/h5-10,15H,2-4,11-12H2,1H3,(H,20,23)(H,21,24). The molecular formula is C19H22N4O4. The first-order valence-electron chi connectivity index (χ1n) is 8.93. The number of nitrogens with one attached hydrogen (secondary N) is 2. The van der Waals surface area contributed by atoms with Crippen molar-refractivity contribution in [1.82, 2.24) is 10.2 Å². The van der Waals surface area contributed by atoms with E-state index in [-0.39, 0.29) is 17.7 Å². The van der Waals surface area contributed by atoms with Crippen LogP contribution in [0.3, 0.4) is 0 Å². The van der Waals surface area contributed by atoms with E-state index < -0.39 is 5.97 Å². The first kappa shape index (κ1) is 18.8. The Kier molecular flexibility index (Phi) is 6.32. The van der Waals surface area contributed by atoms with Gasteiger partial charge in [0.15, 0.2) is 5.69 Å². The number of carbonyl (C=O) groups is 2. The molecule has 8 heteroatoms. The molecule has 0 radical (unpaired) electrons. The second-order valence-electron chi connectivity index (χ2n) is 6.07. The summed E-state index contributed by atoms with van der Waals surface area (Å²) in [4.78, 5) is 23.9. The lowest BCUT2D eigenvalue weighted by molar-refractivity contribution is 0.0526. The highest BCUT2D eigenvalue weighted by atomic mass is 16.5.